The minimum atomic E-state index is -0.772. The van der Waals surface area contributed by atoms with Crippen LogP contribution >= 0.6 is 11.3 Å². The maximum atomic E-state index is 12.9. The molecular formula is C19H25N3O3S. The summed E-state index contributed by atoms with van der Waals surface area (Å²) in [7, 11) is 0. The summed E-state index contributed by atoms with van der Waals surface area (Å²) in [6.07, 6.45) is 5.24. The van der Waals surface area contributed by atoms with Gasteiger partial charge in [0.25, 0.3) is 5.91 Å². The number of hydrogen-bond donors (Lipinski definition) is 1. The standard InChI is InChI=1S/C19H25N3O3S/c1-2-13-3-7-19(8-4-13)17(24)22(18(25)20-19)12-16(23)21-9-5-15-14(11-21)6-10-26-15/h6,10,13H,2-5,7-9,11-12H2,1H3,(H,20,25). The van der Waals surface area contributed by atoms with Gasteiger partial charge in [0.2, 0.25) is 5.91 Å². The van der Waals surface area contributed by atoms with Gasteiger partial charge in [0.05, 0.1) is 0 Å². The molecule has 6 nitrogen and oxygen atoms in total. The van der Waals surface area contributed by atoms with E-state index in [4.69, 9.17) is 0 Å². The van der Waals surface area contributed by atoms with E-state index in [-0.39, 0.29) is 18.4 Å². The maximum absolute atomic E-state index is 12.9. The molecule has 26 heavy (non-hydrogen) atoms. The molecule has 1 aliphatic carbocycles. The van der Waals surface area contributed by atoms with Crippen LogP contribution in [0.1, 0.15) is 49.5 Å². The highest BCUT2D eigenvalue weighted by Crippen LogP contribution is 2.37. The first-order valence-corrected chi connectivity index (χ1v) is 10.4. The Bertz CT molecular complexity index is 736. The van der Waals surface area contributed by atoms with Gasteiger partial charge in [0.15, 0.2) is 0 Å². The van der Waals surface area contributed by atoms with E-state index in [2.05, 4.69) is 12.2 Å². The van der Waals surface area contributed by atoms with Crippen molar-refractivity contribution in [2.45, 2.75) is 57.5 Å². The number of nitrogens with one attached hydrogen (secondary N) is 1. The number of amides is 4. The lowest BCUT2D eigenvalue weighted by Gasteiger charge is -2.34. The largest absolute Gasteiger partial charge is 0.336 e. The summed E-state index contributed by atoms with van der Waals surface area (Å²) >= 11 is 1.72. The Kier molecular flexibility index (Phi) is 4.50. The predicted molar refractivity (Wildman–Crippen MR) is 98.7 cm³/mol. The third kappa shape index (κ3) is 2.92. The Hall–Kier alpha value is -1.89. The van der Waals surface area contributed by atoms with Crippen molar-refractivity contribution < 1.29 is 14.4 Å². The zero-order valence-electron chi connectivity index (χ0n) is 15.1. The van der Waals surface area contributed by atoms with Gasteiger partial charge in [-0.1, -0.05) is 13.3 Å². The second-order valence-electron chi connectivity index (χ2n) is 7.69. The van der Waals surface area contributed by atoms with Gasteiger partial charge >= 0.3 is 6.03 Å². The van der Waals surface area contributed by atoms with E-state index in [1.54, 1.807) is 16.2 Å². The quantitative estimate of drug-likeness (QED) is 0.826. The fourth-order valence-electron chi connectivity index (χ4n) is 4.43. The second kappa shape index (κ2) is 6.68. The Labute approximate surface area is 157 Å². The summed E-state index contributed by atoms with van der Waals surface area (Å²) in [6, 6.07) is 1.64. The molecule has 0 atom stereocenters. The summed E-state index contributed by atoms with van der Waals surface area (Å²) < 4.78 is 0. The van der Waals surface area contributed by atoms with Gasteiger partial charge in [-0.05, 0) is 55.0 Å². The number of nitrogens with zero attached hydrogens (tertiary/aromatic N) is 2. The van der Waals surface area contributed by atoms with Crippen LogP contribution in [0.15, 0.2) is 11.4 Å². The van der Waals surface area contributed by atoms with Crippen LogP contribution in [0.3, 0.4) is 0 Å². The number of imide groups is 1. The number of urea groups is 1. The Balaban J connectivity index is 1.41. The highest BCUT2D eigenvalue weighted by molar-refractivity contribution is 7.10. The van der Waals surface area contributed by atoms with E-state index >= 15 is 0 Å². The van der Waals surface area contributed by atoms with Crippen molar-refractivity contribution in [3.05, 3.63) is 21.9 Å². The molecule has 1 saturated heterocycles. The van der Waals surface area contributed by atoms with Crippen molar-refractivity contribution in [3.8, 4) is 0 Å². The second-order valence-corrected chi connectivity index (χ2v) is 8.69. The number of rotatable bonds is 3. The highest BCUT2D eigenvalue weighted by Gasteiger charge is 2.52. The highest BCUT2D eigenvalue weighted by atomic mass is 32.1. The first-order chi connectivity index (χ1) is 12.5. The van der Waals surface area contributed by atoms with Gasteiger partial charge in [-0.25, -0.2) is 4.79 Å². The zero-order chi connectivity index (χ0) is 18.3. The Morgan fingerprint density at radius 2 is 2.12 bits per heavy atom. The lowest BCUT2D eigenvalue weighted by atomic mass is 9.75. The average molecular weight is 375 g/mol. The summed E-state index contributed by atoms with van der Waals surface area (Å²) in [5.74, 6) is 0.275. The molecule has 7 heteroatoms. The van der Waals surface area contributed by atoms with Crippen LogP contribution in [-0.2, 0) is 22.6 Å². The number of carbonyl (C=O) groups is 3. The van der Waals surface area contributed by atoms with Crippen molar-refractivity contribution in [3.63, 3.8) is 0 Å². The molecule has 1 aromatic rings. The molecule has 1 saturated carbocycles. The van der Waals surface area contributed by atoms with E-state index in [1.807, 2.05) is 11.4 Å². The first kappa shape index (κ1) is 17.5. The third-order valence-electron chi connectivity index (χ3n) is 6.24. The molecule has 4 amide bonds. The summed E-state index contributed by atoms with van der Waals surface area (Å²) in [6.45, 7) is 3.24. The predicted octanol–water partition coefficient (Wildman–Crippen LogP) is 2.52. The molecular weight excluding hydrogens is 350 g/mol. The van der Waals surface area contributed by atoms with E-state index in [0.717, 1.165) is 30.6 Å². The van der Waals surface area contributed by atoms with Gasteiger partial charge in [0, 0.05) is 18.0 Å². The van der Waals surface area contributed by atoms with Gasteiger partial charge in [-0.3, -0.25) is 14.5 Å². The van der Waals surface area contributed by atoms with Crippen LogP contribution in [0.25, 0.3) is 0 Å². The molecule has 2 fully saturated rings. The average Bonchev–Trinajstić information content (AvgIpc) is 3.20. The Morgan fingerprint density at radius 1 is 1.35 bits per heavy atom. The smallest absolute Gasteiger partial charge is 0.325 e. The molecule has 0 bridgehead atoms. The van der Waals surface area contributed by atoms with E-state index < -0.39 is 11.6 Å². The minimum absolute atomic E-state index is 0.148. The van der Waals surface area contributed by atoms with E-state index in [1.165, 1.54) is 10.4 Å². The van der Waals surface area contributed by atoms with Gasteiger partial charge in [-0.15, -0.1) is 11.3 Å². The van der Waals surface area contributed by atoms with Crippen molar-refractivity contribution in [1.29, 1.82) is 0 Å². The number of fused-ring (bicyclic) bond motifs is 1. The number of carbonyl (C=O) groups excluding carboxylic acids is 3. The normalized spacial score (nSPS) is 28.4. The minimum Gasteiger partial charge on any atom is -0.336 e. The zero-order valence-corrected chi connectivity index (χ0v) is 15.9. The maximum Gasteiger partial charge on any atom is 0.325 e. The summed E-state index contributed by atoms with van der Waals surface area (Å²) in [5, 5.41) is 4.95. The van der Waals surface area contributed by atoms with Crippen LogP contribution in [0, 0.1) is 5.92 Å². The topological polar surface area (TPSA) is 69.7 Å². The van der Waals surface area contributed by atoms with Crippen LogP contribution in [0.2, 0.25) is 0 Å². The molecule has 4 rings (SSSR count). The SMILES string of the molecule is CCC1CCC2(CC1)NC(=O)N(CC(=O)N1CCc3sccc3C1)C2=O. The van der Waals surface area contributed by atoms with Crippen LogP contribution in [-0.4, -0.2) is 46.3 Å². The van der Waals surface area contributed by atoms with Gasteiger partial charge in [0.1, 0.15) is 12.1 Å². The van der Waals surface area contributed by atoms with Gasteiger partial charge < -0.3 is 10.2 Å². The third-order valence-corrected chi connectivity index (χ3v) is 7.26. The molecule has 1 aromatic heterocycles. The molecule has 1 N–H and O–H groups in total. The molecule has 0 aromatic carbocycles. The van der Waals surface area contributed by atoms with E-state index in [9.17, 15) is 14.4 Å². The van der Waals surface area contributed by atoms with Crippen LogP contribution < -0.4 is 5.32 Å². The molecule has 1 spiro atoms. The molecule has 3 heterocycles. The summed E-state index contributed by atoms with van der Waals surface area (Å²) in [4.78, 5) is 42.3. The molecule has 0 unspecified atom stereocenters. The molecule has 2 aliphatic heterocycles. The summed E-state index contributed by atoms with van der Waals surface area (Å²) in [5.41, 5.74) is 0.409. The van der Waals surface area contributed by atoms with Crippen molar-refractivity contribution in [2.24, 2.45) is 5.92 Å². The number of thiophene rings is 1. The van der Waals surface area contributed by atoms with Crippen LogP contribution in [0.4, 0.5) is 4.79 Å². The Morgan fingerprint density at radius 3 is 2.85 bits per heavy atom. The fraction of sp³-hybridized carbons (Fsp3) is 0.632. The molecule has 0 radical (unpaired) electrons. The van der Waals surface area contributed by atoms with Crippen molar-refractivity contribution in [2.75, 3.05) is 13.1 Å². The van der Waals surface area contributed by atoms with Gasteiger partial charge in [-0.2, -0.15) is 0 Å². The lowest BCUT2D eigenvalue weighted by Crippen LogP contribution is -2.50. The fourth-order valence-corrected chi connectivity index (χ4v) is 5.32. The van der Waals surface area contributed by atoms with Crippen LogP contribution in [0.5, 0.6) is 0 Å². The van der Waals surface area contributed by atoms with Crippen molar-refractivity contribution >= 4 is 29.2 Å². The van der Waals surface area contributed by atoms with Crippen molar-refractivity contribution in [1.82, 2.24) is 15.1 Å². The first-order valence-electron chi connectivity index (χ1n) is 9.49. The molecule has 3 aliphatic rings. The number of hydrogen-bond acceptors (Lipinski definition) is 4. The lowest BCUT2D eigenvalue weighted by molar-refractivity contribution is -0.140. The molecule has 140 valence electrons. The van der Waals surface area contributed by atoms with E-state index in [0.29, 0.717) is 31.8 Å². The monoisotopic (exact) mass is 375 g/mol.